The van der Waals surface area contributed by atoms with Crippen LogP contribution in [0.4, 0.5) is 0 Å². The van der Waals surface area contributed by atoms with Gasteiger partial charge in [-0.05, 0) is 29.3 Å². The van der Waals surface area contributed by atoms with Crippen molar-refractivity contribution in [2.45, 2.75) is 51.1 Å². The fraction of sp³-hybridized carbons (Fsp3) is 0.400. The predicted octanol–water partition coefficient (Wildman–Crippen LogP) is 5.48. The number of rotatable bonds is 5. The molecule has 0 unspecified atom stereocenters. The lowest BCUT2D eigenvalue weighted by molar-refractivity contribution is 0.0253. The Morgan fingerprint density at radius 3 is 1.70 bits per heavy atom. The minimum atomic E-state index is -2.01. The third kappa shape index (κ3) is 4.31. The average Bonchev–Trinajstić information content (AvgIpc) is 2.52. The van der Waals surface area contributed by atoms with E-state index in [1.54, 1.807) is 0 Å². The highest BCUT2D eigenvalue weighted by Gasteiger charge is 2.41. The Bertz CT molecular complexity index is 603. The van der Waals surface area contributed by atoms with Gasteiger partial charge in [0.2, 0.25) is 0 Å². The zero-order chi connectivity index (χ0) is 17.1. The summed E-state index contributed by atoms with van der Waals surface area (Å²) in [6, 6.07) is 19.8. The highest BCUT2D eigenvalue weighted by Crippen LogP contribution is 2.43. The minimum Gasteiger partial charge on any atom is -0.407 e. The summed E-state index contributed by atoms with van der Waals surface area (Å²) in [5.74, 6) is 0. The first kappa shape index (κ1) is 17.9. The van der Waals surface area contributed by atoms with Gasteiger partial charge in [0.15, 0.2) is 8.32 Å². The average molecular weight is 329 g/mol. The highest BCUT2D eigenvalue weighted by molar-refractivity contribution is 6.74. The molecule has 0 bridgehead atoms. The van der Waals surface area contributed by atoms with Gasteiger partial charge in [-0.15, -0.1) is 0 Å². The van der Waals surface area contributed by atoms with Crippen molar-refractivity contribution < 1.29 is 9.53 Å². The summed E-state index contributed by atoms with van der Waals surface area (Å²) >= 11 is 0. The molecule has 2 atom stereocenters. The first-order valence-electron chi connectivity index (χ1n) is 8.18. The maximum atomic E-state index is 11.0. The zero-order valence-electron chi connectivity index (χ0n) is 14.8. The number of hydrogen-bond acceptors (Lipinski definition) is 2. The smallest absolute Gasteiger partial charge is 0.193 e. The van der Waals surface area contributed by atoms with Crippen molar-refractivity contribution in [2.24, 2.45) is 0 Å². The van der Waals surface area contributed by atoms with Gasteiger partial charge < -0.3 is 9.53 Å². The van der Waals surface area contributed by atoms with E-state index >= 15 is 0 Å². The van der Waals surface area contributed by atoms with E-state index in [4.69, 9.17) is 4.43 Å². The first-order chi connectivity index (χ1) is 10.7. The molecule has 0 spiro atoms. The molecule has 0 saturated heterocycles. The van der Waals surface area contributed by atoms with Crippen molar-refractivity contribution in [1.29, 1.82) is 0 Å². The predicted molar refractivity (Wildman–Crippen MR) is 98.9 cm³/mol. The van der Waals surface area contributed by atoms with Crippen molar-refractivity contribution in [3.05, 3.63) is 71.8 Å². The van der Waals surface area contributed by atoms with Crippen LogP contribution in [0.3, 0.4) is 0 Å². The summed E-state index contributed by atoms with van der Waals surface area (Å²) in [6.45, 7) is 11.1. The molecule has 23 heavy (non-hydrogen) atoms. The fourth-order valence-electron chi connectivity index (χ4n) is 2.28. The molecule has 2 aromatic carbocycles. The second kappa shape index (κ2) is 6.99. The minimum absolute atomic E-state index is 0.0937. The van der Waals surface area contributed by atoms with Gasteiger partial charge in [-0.2, -0.15) is 0 Å². The normalized spacial score (nSPS) is 15.2. The molecule has 0 amide bonds. The lowest BCUT2D eigenvalue weighted by Gasteiger charge is -2.40. The van der Waals surface area contributed by atoms with E-state index < -0.39 is 14.4 Å². The second-order valence-corrected chi connectivity index (χ2v) is 12.3. The molecular formula is C20H28O2Si. The van der Waals surface area contributed by atoms with Crippen LogP contribution < -0.4 is 0 Å². The molecule has 0 radical (unpaired) electrons. The molecule has 2 nitrogen and oxygen atoms in total. The van der Waals surface area contributed by atoms with E-state index in [-0.39, 0.29) is 11.1 Å². The molecule has 0 aromatic heterocycles. The van der Waals surface area contributed by atoms with E-state index in [9.17, 15) is 5.11 Å². The Balaban J connectivity index is 2.37. The van der Waals surface area contributed by atoms with Crippen LogP contribution in [-0.4, -0.2) is 13.4 Å². The van der Waals surface area contributed by atoms with Gasteiger partial charge in [-0.1, -0.05) is 81.4 Å². The van der Waals surface area contributed by atoms with E-state index in [0.29, 0.717) is 0 Å². The summed E-state index contributed by atoms with van der Waals surface area (Å²) in [5.41, 5.74) is 1.91. The molecular weight excluding hydrogens is 300 g/mol. The van der Waals surface area contributed by atoms with E-state index in [1.807, 2.05) is 60.7 Å². The van der Waals surface area contributed by atoms with Gasteiger partial charge in [-0.25, -0.2) is 0 Å². The van der Waals surface area contributed by atoms with Crippen molar-refractivity contribution in [2.75, 3.05) is 0 Å². The molecule has 0 aliphatic rings. The van der Waals surface area contributed by atoms with Crippen LogP contribution in [0.5, 0.6) is 0 Å². The standard InChI is InChI=1S/C20H28O2Si/c1-20(2,3)23(4,5)22-19(17-14-10-7-11-15-17)18(21)16-12-8-6-9-13-16/h6-15,18-19,21H,1-5H3/t18-,19-/m1/s1. The van der Waals surface area contributed by atoms with E-state index in [0.717, 1.165) is 11.1 Å². The van der Waals surface area contributed by atoms with Crippen molar-refractivity contribution in [3.8, 4) is 0 Å². The SMILES string of the molecule is CC(C)(C)[Si](C)(C)O[C@H](c1ccccc1)[C@H](O)c1ccccc1. The topological polar surface area (TPSA) is 29.5 Å². The van der Waals surface area contributed by atoms with Crippen LogP contribution in [0.2, 0.25) is 18.1 Å². The Labute approximate surface area is 141 Å². The highest BCUT2D eigenvalue weighted by atomic mass is 28.4. The molecule has 2 aromatic rings. The van der Waals surface area contributed by atoms with Crippen molar-refractivity contribution >= 4 is 8.32 Å². The van der Waals surface area contributed by atoms with Crippen LogP contribution in [0, 0.1) is 0 Å². The lowest BCUT2D eigenvalue weighted by atomic mass is 9.98. The van der Waals surface area contributed by atoms with E-state index in [2.05, 4.69) is 33.9 Å². The maximum absolute atomic E-state index is 11.0. The summed E-state index contributed by atoms with van der Waals surface area (Å²) in [6.07, 6.45) is -1.02. The van der Waals surface area contributed by atoms with E-state index in [1.165, 1.54) is 0 Å². The first-order valence-corrected chi connectivity index (χ1v) is 11.1. The van der Waals surface area contributed by atoms with Crippen molar-refractivity contribution in [3.63, 3.8) is 0 Å². The van der Waals surface area contributed by atoms with Crippen molar-refractivity contribution in [1.82, 2.24) is 0 Å². The van der Waals surface area contributed by atoms with Gasteiger partial charge >= 0.3 is 0 Å². The molecule has 0 fully saturated rings. The van der Waals surface area contributed by atoms with Gasteiger partial charge in [0.25, 0.3) is 0 Å². The second-order valence-electron chi connectivity index (χ2n) is 7.56. The third-order valence-corrected chi connectivity index (χ3v) is 9.24. The molecule has 0 saturated carbocycles. The largest absolute Gasteiger partial charge is 0.407 e. The number of benzene rings is 2. The van der Waals surface area contributed by atoms with Gasteiger partial charge in [-0.3, -0.25) is 0 Å². The van der Waals surface area contributed by atoms with Gasteiger partial charge in [0.1, 0.15) is 12.2 Å². The third-order valence-electron chi connectivity index (χ3n) is 4.78. The summed E-state index contributed by atoms with van der Waals surface area (Å²) in [7, 11) is -2.01. The molecule has 0 heterocycles. The Hall–Kier alpha value is -1.42. The number of aliphatic hydroxyl groups is 1. The molecule has 1 N–H and O–H groups in total. The Kier molecular flexibility index (Phi) is 5.45. The monoisotopic (exact) mass is 328 g/mol. The number of aliphatic hydroxyl groups excluding tert-OH is 1. The summed E-state index contributed by atoms with van der Waals surface area (Å²) in [4.78, 5) is 0. The Morgan fingerprint density at radius 1 is 0.826 bits per heavy atom. The summed E-state index contributed by atoms with van der Waals surface area (Å²) < 4.78 is 6.59. The van der Waals surface area contributed by atoms with Crippen LogP contribution in [0.15, 0.2) is 60.7 Å². The quantitative estimate of drug-likeness (QED) is 0.736. The fourth-order valence-corrected chi connectivity index (χ4v) is 3.53. The van der Waals surface area contributed by atoms with Crippen LogP contribution >= 0.6 is 0 Å². The lowest BCUT2D eigenvalue weighted by Crippen LogP contribution is -2.42. The molecule has 0 aliphatic carbocycles. The molecule has 0 aliphatic heterocycles. The zero-order valence-corrected chi connectivity index (χ0v) is 15.8. The molecule has 3 heteroatoms. The van der Waals surface area contributed by atoms with Gasteiger partial charge in [0, 0.05) is 0 Å². The maximum Gasteiger partial charge on any atom is 0.193 e. The summed E-state index contributed by atoms with van der Waals surface area (Å²) in [5, 5.41) is 11.1. The molecule has 124 valence electrons. The molecule has 2 rings (SSSR count). The van der Waals surface area contributed by atoms with Crippen LogP contribution in [0.1, 0.15) is 44.1 Å². The van der Waals surface area contributed by atoms with Crippen LogP contribution in [0.25, 0.3) is 0 Å². The van der Waals surface area contributed by atoms with Crippen LogP contribution in [-0.2, 0) is 4.43 Å². The number of hydrogen-bond donors (Lipinski definition) is 1. The Morgan fingerprint density at radius 2 is 1.26 bits per heavy atom. The van der Waals surface area contributed by atoms with Gasteiger partial charge in [0.05, 0.1) is 0 Å².